The van der Waals surface area contributed by atoms with Crippen molar-refractivity contribution in [3.8, 4) is 5.88 Å². The topological polar surface area (TPSA) is 51.7 Å². The van der Waals surface area contributed by atoms with E-state index >= 15 is 0 Å². The Morgan fingerprint density at radius 3 is 2.92 bits per heavy atom. The van der Waals surface area contributed by atoms with E-state index in [9.17, 15) is 9.18 Å². The number of carbonyl (C=O) groups is 1. The summed E-state index contributed by atoms with van der Waals surface area (Å²) in [6.45, 7) is 3.63. The SMILES string of the molecule is CCOc1ncccc1C(=O)N1CCO[C@@H](c2ccc(F)cc2)C1. The highest BCUT2D eigenvalue weighted by molar-refractivity contribution is 5.96. The summed E-state index contributed by atoms with van der Waals surface area (Å²) in [5, 5.41) is 0. The lowest BCUT2D eigenvalue weighted by Crippen LogP contribution is -2.42. The summed E-state index contributed by atoms with van der Waals surface area (Å²) >= 11 is 0. The van der Waals surface area contributed by atoms with Crippen molar-refractivity contribution in [2.24, 2.45) is 0 Å². The fraction of sp³-hybridized carbons (Fsp3) is 0.333. The largest absolute Gasteiger partial charge is 0.477 e. The number of ether oxygens (including phenoxy) is 2. The van der Waals surface area contributed by atoms with Crippen molar-refractivity contribution in [1.82, 2.24) is 9.88 Å². The molecule has 24 heavy (non-hydrogen) atoms. The zero-order chi connectivity index (χ0) is 16.9. The van der Waals surface area contributed by atoms with Gasteiger partial charge in [0.05, 0.1) is 19.8 Å². The first kappa shape index (κ1) is 16.4. The summed E-state index contributed by atoms with van der Waals surface area (Å²) in [6.07, 6.45) is 1.33. The highest BCUT2D eigenvalue weighted by atomic mass is 19.1. The fourth-order valence-electron chi connectivity index (χ4n) is 2.69. The Hall–Kier alpha value is -2.47. The molecular weight excluding hydrogens is 311 g/mol. The predicted octanol–water partition coefficient (Wildman–Crippen LogP) is 2.83. The van der Waals surface area contributed by atoms with Crippen molar-refractivity contribution >= 4 is 5.91 Å². The Morgan fingerprint density at radius 1 is 1.38 bits per heavy atom. The minimum Gasteiger partial charge on any atom is -0.477 e. The Bertz CT molecular complexity index is 706. The van der Waals surface area contributed by atoms with Gasteiger partial charge in [-0.15, -0.1) is 0 Å². The first-order valence-corrected chi connectivity index (χ1v) is 7.93. The Morgan fingerprint density at radius 2 is 2.17 bits per heavy atom. The maximum absolute atomic E-state index is 13.1. The summed E-state index contributed by atoms with van der Waals surface area (Å²) in [6, 6.07) is 9.59. The molecule has 6 heteroatoms. The van der Waals surface area contributed by atoms with Crippen molar-refractivity contribution in [1.29, 1.82) is 0 Å². The number of hydrogen-bond donors (Lipinski definition) is 0. The lowest BCUT2D eigenvalue weighted by Gasteiger charge is -2.33. The van der Waals surface area contributed by atoms with Crippen LogP contribution in [-0.2, 0) is 4.74 Å². The van der Waals surface area contributed by atoms with Gasteiger partial charge in [0, 0.05) is 12.7 Å². The lowest BCUT2D eigenvalue weighted by atomic mass is 10.1. The van der Waals surface area contributed by atoms with Crippen molar-refractivity contribution in [3.63, 3.8) is 0 Å². The molecule has 0 unspecified atom stereocenters. The van der Waals surface area contributed by atoms with E-state index in [1.54, 1.807) is 35.4 Å². The molecule has 0 N–H and O–H groups in total. The maximum atomic E-state index is 13.1. The first-order chi connectivity index (χ1) is 11.7. The molecule has 1 aliphatic heterocycles. The number of benzene rings is 1. The molecule has 126 valence electrons. The Labute approximate surface area is 140 Å². The number of nitrogens with zero attached hydrogens (tertiary/aromatic N) is 2. The zero-order valence-electron chi connectivity index (χ0n) is 13.4. The van der Waals surface area contributed by atoms with Crippen molar-refractivity contribution in [2.45, 2.75) is 13.0 Å². The van der Waals surface area contributed by atoms with E-state index in [-0.39, 0.29) is 17.8 Å². The summed E-state index contributed by atoms with van der Waals surface area (Å²) in [5.74, 6) is -0.0870. The average molecular weight is 330 g/mol. The second-order valence-electron chi connectivity index (χ2n) is 5.45. The average Bonchev–Trinajstić information content (AvgIpc) is 2.63. The van der Waals surface area contributed by atoms with Crippen LogP contribution in [0.3, 0.4) is 0 Å². The Balaban J connectivity index is 1.77. The van der Waals surface area contributed by atoms with Gasteiger partial charge in [0.25, 0.3) is 5.91 Å². The van der Waals surface area contributed by atoms with E-state index in [0.29, 0.717) is 37.7 Å². The third-order valence-electron chi connectivity index (χ3n) is 3.88. The van der Waals surface area contributed by atoms with Crippen LogP contribution in [0, 0.1) is 5.82 Å². The third-order valence-corrected chi connectivity index (χ3v) is 3.88. The highest BCUT2D eigenvalue weighted by Gasteiger charge is 2.28. The van der Waals surface area contributed by atoms with Crippen LogP contribution < -0.4 is 4.74 Å². The molecular formula is C18H19FN2O3. The van der Waals surface area contributed by atoms with Crippen LogP contribution in [0.25, 0.3) is 0 Å². The molecule has 0 saturated carbocycles. The van der Waals surface area contributed by atoms with Gasteiger partial charge in [0.2, 0.25) is 5.88 Å². The predicted molar refractivity (Wildman–Crippen MR) is 86.4 cm³/mol. The van der Waals surface area contributed by atoms with Gasteiger partial charge in [-0.1, -0.05) is 12.1 Å². The minimum atomic E-state index is -0.292. The van der Waals surface area contributed by atoms with E-state index in [1.807, 2.05) is 6.92 Å². The molecule has 0 spiro atoms. The molecule has 2 heterocycles. The monoisotopic (exact) mass is 330 g/mol. The maximum Gasteiger partial charge on any atom is 0.259 e. The van der Waals surface area contributed by atoms with Crippen LogP contribution in [-0.4, -0.2) is 42.1 Å². The summed E-state index contributed by atoms with van der Waals surface area (Å²) < 4.78 is 24.2. The van der Waals surface area contributed by atoms with E-state index in [0.717, 1.165) is 5.56 Å². The minimum absolute atomic E-state index is 0.137. The van der Waals surface area contributed by atoms with Crippen LogP contribution in [0.15, 0.2) is 42.6 Å². The molecule has 1 saturated heterocycles. The van der Waals surface area contributed by atoms with Gasteiger partial charge in [-0.25, -0.2) is 9.37 Å². The van der Waals surface area contributed by atoms with Crippen LogP contribution in [0.5, 0.6) is 5.88 Å². The van der Waals surface area contributed by atoms with Gasteiger partial charge in [0.15, 0.2) is 0 Å². The quantitative estimate of drug-likeness (QED) is 0.865. The molecule has 0 bridgehead atoms. The standard InChI is InChI=1S/C18H19FN2O3/c1-2-23-17-15(4-3-9-20-17)18(22)21-10-11-24-16(12-21)13-5-7-14(19)8-6-13/h3-9,16H,2,10-12H2,1H3/t16-/m1/s1. The van der Waals surface area contributed by atoms with Gasteiger partial charge < -0.3 is 14.4 Å². The fourth-order valence-corrected chi connectivity index (χ4v) is 2.69. The second-order valence-corrected chi connectivity index (χ2v) is 5.45. The molecule has 1 aromatic heterocycles. The van der Waals surface area contributed by atoms with E-state index < -0.39 is 0 Å². The van der Waals surface area contributed by atoms with Crippen LogP contribution in [0.1, 0.15) is 28.9 Å². The molecule has 1 amide bonds. The number of morpholine rings is 1. The van der Waals surface area contributed by atoms with Gasteiger partial charge in [0.1, 0.15) is 17.5 Å². The van der Waals surface area contributed by atoms with Crippen molar-refractivity contribution in [2.75, 3.05) is 26.3 Å². The van der Waals surface area contributed by atoms with Crippen molar-refractivity contribution in [3.05, 3.63) is 59.5 Å². The zero-order valence-corrected chi connectivity index (χ0v) is 13.4. The normalized spacial score (nSPS) is 17.6. The summed E-state index contributed by atoms with van der Waals surface area (Å²) in [5.41, 5.74) is 1.30. The van der Waals surface area contributed by atoms with Gasteiger partial charge in [-0.05, 0) is 36.8 Å². The number of aromatic nitrogens is 1. The first-order valence-electron chi connectivity index (χ1n) is 7.93. The molecule has 3 rings (SSSR count). The molecule has 1 aliphatic rings. The number of rotatable bonds is 4. The van der Waals surface area contributed by atoms with Gasteiger partial charge in [-0.2, -0.15) is 0 Å². The number of carbonyl (C=O) groups excluding carboxylic acids is 1. The molecule has 1 aromatic carbocycles. The molecule has 0 radical (unpaired) electrons. The van der Waals surface area contributed by atoms with Crippen LogP contribution in [0.2, 0.25) is 0 Å². The second kappa shape index (κ2) is 7.40. The smallest absolute Gasteiger partial charge is 0.259 e. The molecule has 5 nitrogen and oxygen atoms in total. The summed E-state index contributed by atoms with van der Waals surface area (Å²) in [4.78, 5) is 18.7. The van der Waals surface area contributed by atoms with Gasteiger partial charge >= 0.3 is 0 Å². The number of amides is 1. The van der Waals surface area contributed by atoms with Crippen LogP contribution in [0.4, 0.5) is 4.39 Å². The molecule has 2 aromatic rings. The molecule has 1 fully saturated rings. The number of halogens is 1. The van der Waals surface area contributed by atoms with Crippen molar-refractivity contribution < 1.29 is 18.7 Å². The Kier molecular flexibility index (Phi) is 5.05. The molecule has 1 atom stereocenters. The molecule has 0 aliphatic carbocycles. The van der Waals surface area contributed by atoms with Crippen LogP contribution >= 0.6 is 0 Å². The third kappa shape index (κ3) is 3.54. The number of pyridine rings is 1. The van der Waals surface area contributed by atoms with E-state index in [1.165, 1.54) is 12.1 Å². The number of hydrogen-bond acceptors (Lipinski definition) is 4. The summed E-state index contributed by atoms with van der Waals surface area (Å²) in [7, 11) is 0. The van der Waals surface area contributed by atoms with E-state index in [2.05, 4.69) is 4.98 Å². The van der Waals surface area contributed by atoms with E-state index in [4.69, 9.17) is 9.47 Å². The lowest BCUT2D eigenvalue weighted by molar-refractivity contribution is -0.0229. The highest BCUT2D eigenvalue weighted by Crippen LogP contribution is 2.25. The van der Waals surface area contributed by atoms with Gasteiger partial charge in [-0.3, -0.25) is 4.79 Å².